The van der Waals surface area contributed by atoms with Gasteiger partial charge in [0.05, 0.1) is 0 Å². The van der Waals surface area contributed by atoms with E-state index in [0.717, 1.165) is 22.0 Å². The van der Waals surface area contributed by atoms with Gasteiger partial charge >= 0.3 is 0 Å². The summed E-state index contributed by atoms with van der Waals surface area (Å²) >= 11 is 6.19. The topological polar surface area (TPSA) is 12.9 Å². The van der Waals surface area contributed by atoms with Gasteiger partial charge in [0.1, 0.15) is 5.15 Å². The van der Waals surface area contributed by atoms with Gasteiger partial charge in [-0.15, -0.1) is 35.9 Å². The molecule has 1 nitrogen and oxygen atoms in total. The number of hydrogen-bond acceptors (Lipinski definition) is 1. The maximum absolute atomic E-state index is 6.19. The Labute approximate surface area is 125 Å². The standard InChI is InChI=1S/C15H9ClN.W/c16-15-13-9-5-4-8-12(13)10-14(17-15)11-6-2-1-3-7-11;/h1-6,8-10H;/q-1;. The Morgan fingerprint density at radius 3 is 2.56 bits per heavy atom. The molecule has 0 atom stereocenters. The second-order valence-corrected chi connectivity index (χ2v) is 4.15. The molecular formula is C15H9ClNW-. The molecule has 3 heteroatoms. The van der Waals surface area contributed by atoms with E-state index in [4.69, 9.17) is 11.6 Å². The van der Waals surface area contributed by atoms with Gasteiger partial charge in [-0.2, -0.15) is 0 Å². The first-order valence-corrected chi connectivity index (χ1v) is 5.75. The minimum atomic E-state index is 0. The summed E-state index contributed by atoms with van der Waals surface area (Å²) in [5, 5.41) is 2.61. The number of fused-ring (bicyclic) bond motifs is 1. The number of nitrogens with zero attached hydrogens (tertiary/aromatic N) is 1. The molecular weight excluding hydrogens is 413 g/mol. The summed E-state index contributed by atoms with van der Waals surface area (Å²) in [6.07, 6.45) is 0. The van der Waals surface area contributed by atoms with Crippen LogP contribution >= 0.6 is 11.6 Å². The predicted octanol–water partition coefficient (Wildman–Crippen LogP) is 4.35. The van der Waals surface area contributed by atoms with Crippen LogP contribution in [0.2, 0.25) is 5.15 Å². The minimum absolute atomic E-state index is 0. The van der Waals surface area contributed by atoms with Gasteiger partial charge in [0.15, 0.2) is 0 Å². The third kappa shape index (κ3) is 2.48. The van der Waals surface area contributed by atoms with Crippen LogP contribution in [0.1, 0.15) is 0 Å². The molecule has 2 aromatic carbocycles. The molecule has 0 bridgehead atoms. The molecule has 0 spiro atoms. The molecule has 1 aromatic heterocycles. The smallest absolute Gasteiger partial charge is 0.127 e. The molecule has 0 aliphatic heterocycles. The number of benzene rings is 2. The number of rotatable bonds is 1. The number of pyridine rings is 1. The second kappa shape index (κ2) is 5.65. The molecule has 0 amide bonds. The zero-order chi connectivity index (χ0) is 11.7. The van der Waals surface area contributed by atoms with Crippen molar-refractivity contribution < 1.29 is 21.1 Å². The van der Waals surface area contributed by atoms with Crippen molar-refractivity contribution in [3.05, 3.63) is 65.8 Å². The van der Waals surface area contributed by atoms with Crippen molar-refractivity contribution in [2.24, 2.45) is 0 Å². The molecule has 0 radical (unpaired) electrons. The number of aromatic nitrogens is 1. The van der Waals surface area contributed by atoms with Crippen molar-refractivity contribution in [2.45, 2.75) is 0 Å². The summed E-state index contributed by atoms with van der Waals surface area (Å²) in [5.74, 6) is 0. The Morgan fingerprint density at radius 1 is 1.00 bits per heavy atom. The fourth-order valence-electron chi connectivity index (χ4n) is 1.85. The van der Waals surface area contributed by atoms with Crippen LogP contribution in [0.4, 0.5) is 0 Å². The van der Waals surface area contributed by atoms with Gasteiger partial charge in [-0.25, -0.2) is 0 Å². The van der Waals surface area contributed by atoms with Crippen LogP contribution in [0.5, 0.6) is 0 Å². The van der Waals surface area contributed by atoms with E-state index in [1.165, 1.54) is 0 Å². The van der Waals surface area contributed by atoms with Crippen molar-refractivity contribution in [3.8, 4) is 11.3 Å². The molecule has 0 saturated heterocycles. The molecule has 0 unspecified atom stereocenters. The molecule has 0 N–H and O–H groups in total. The van der Waals surface area contributed by atoms with Crippen LogP contribution < -0.4 is 0 Å². The molecule has 3 aromatic rings. The van der Waals surface area contributed by atoms with E-state index in [2.05, 4.69) is 11.1 Å². The van der Waals surface area contributed by atoms with E-state index in [1.807, 2.05) is 54.6 Å². The maximum atomic E-state index is 6.19. The van der Waals surface area contributed by atoms with Crippen molar-refractivity contribution >= 4 is 22.4 Å². The minimum Gasteiger partial charge on any atom is -0.285 e. The van der Waals surface area contributed by atoms with Gasteiger partial charge in [0.2, 0.25) is 0 Å². The van der Waals surface area contributed by atoms with E-state index in [9.17, 15) is 0 Å². The van der Waals surface area contributed by atoms with E-state index < -0.39 is 0 Å². The van der Waals surface area contributed by atoms with Crippen LogP contribution in [0.15, 0.2) is 54.6 Å². The Bertz CT molecular complexity index is 668. The fraction of sp³-hybridized carbons (Fsp3) is 0. The zero-order valence-corrected chi connectivity index (χ0v) is 13.1. The van der Waals surface area contributed by atoms with Crippen molar-refractivity contribution in [2.75, 3.05) is 0 Å². The zero-order valence-electron chi connectivity index (χ0n) is 9.43. The largest absolute Gasteiger partial charge is 0.285 e. The molecule has 88 valence electrons. The van der Waals surface area contributed by atoms with Crippen LogP contribution in [-0.4, -0.2) is 4.98 Å². The Morgan fingerprint density at radius 2 is 1.78 bits per heavy atom. The number of halogens is 1. The average Bonchev–Trinajstić information content (AvgIpc) is 2.40. The van der Waals surface area contributed by atoms with Gasteiger partial charge in [-0.3, -0.25) is 4.98 Å². The summed E-state index contributed by atoms with van der Waals surface area (Å²) in [7, 11) is 0. The first-order chi connectivity index (χ1) is 8.34. The Hall–Kier alpha value is -1.17. The van der Waals surface area contributed by atoms with Crippen molar-refractivity contribution in [3.63, 3.8) is 0 Å². The third-order valence-corrected chi connectivity index (χ3v) is 2.97. The van der Waals surface area contributed by atoms with Gasteiger partial charge in [-0.05, 0) is 11.1 Å². The summed E-state index contributed by atoms with van der Waals surface area (Å²) < 4.78 is 0. The summed E-state index contributed by atoms with van der Waals surface area (Å²) in [6, 6.07) is 20.9. The summed E-state index contributed by atoms with van der Waals surface area (Å²) in [6.45, 7) is 0. The van der Waals surface area contributed by atoms with Crippen LogP contribution in [-0.2, 0) is 21.1 Å². The van der Waals surface area contributed by atoms with Gasteiger partial charge in [-0.1, -0.05) is 41.9 Å². The van der Waals surface area contributed by atoms with Crippen molar-refractivity contribution in [1.82, 2.24) is 4.98 Å². The third-order valence-electron chi connectivity index (χ3n) is 2.68. The van der Waals surface area contributed by atoms with Crippen molar-refractivity contribution in [1.29, 1.82) is 0 Å². The molecule has 3 rings (SSSR count). The van der Waals surface area contributed by atoms with E-state index >= 15 is 0 Å². The monoisotopic (exact) mass is 422 g/mol. The molecule has 0 aliphatic rings. The normalized spacial score (nSPS) is 10.1. The summed E-state index contributed by atoms with van der Waals surface area (Å²) in [4.78, 5) is 4.41. The fourth-order valence-corrected chi connectivity index (χ4v) is 2.11. The van der Waals surface area contributed by atoms with Gasteiger partial charge in [0.25, 0.3) is 0 Å². The maximum Gasteiger partial charge on any atom is 0.127 e. The van der Waals surface area contributed by atoms with Crippen LogP contribution in [0.25, 0.3) is 22.0 Å². The predicted molar refractivity (Wildman–Crippen MR) is 71.0 cm³/mol. The van der Waals surface area contributed by atoms with Gasteiger partial charge in [0, 0.05) is 26.5 Å². The van der Waals surface area contributed by atoms with Gasteiger partial charge < -0.3 is 0 Å². The Balaban J connectivity index is 0.00000120. The molecule has 1 heterocycles. The van der Waals surface area contributed by atoms with Crippen LogP contribution in [0, 0.1) is 6.07 Å². The first kappa shape index (κ1) is 13.3. The Kier molecular flexibility index (Phi) is 4.16. The molecule has 18 heavy (non-hydrogen) atoms. The average molecular weight is 423 g/mol. The first-order valence-electron chi connectivity index (χ1n) is 5.37. The number of hydrogen-bond donors (Lipinski definition) is 0. The second-order valence-electron chi connectivity index (χ2n) is 3.80. The van der Waals surface area contributed by atoms with E-state index in [1.54, 1.807) is 0 Å². The molecule has 0 aliphatic carbocycles. The quantitative estimate of drug-likeness (QED) is 0.420. The SMILES string of the molecule is Clc1nc(-c2[c-]cccc2)cc2ccccc12.[W]. The van der Waals surface area contributed by atoms with Crippen LogP contribution in [0.3, 0.4) is 0 Å². The molecule has 0 fully saturated rings. The summed E-state index contributed by atoms with van der Waals surface area (Å²) in [5.41, 5.74) is 1.81. The van der Waals surface area contributed by atoms with E-state index in [-0.39, 0.29) is 21.1 Å². The van der Waals surface area contributed by atoms with E-state index in [0.29, 0.717) is 5.15 Å². The molecule has 0 saturated carbocycles.